The fraction of sp³-hybridized carbons (Fsp3) is 1.00. The highest BCUT2D eigenvalue weighted by Crippen LogP contribution is 2.03. The van der Waals surface area contributed by atoms with E-state index in [2.05, 4.69) is 0 Å². The molecule has 12 heavy (non-hydrogen) atoms. The second-order valence-corrected chi connectivity index (χ2v) is 2.48. The molecular formula is C6H14O6. The van der Waals surface area contributed by atoms with E-state index < -0.39 is 37.6 Å². The van der Waals surface area contributed by atoms with Crippen LogP contribution in [-0.4, -0.2) is 68.3 Å². The zero-order valence-corrected chi connectivity index (χ0v) is 6.41. The lowest BCUT2D eigenvalue weighted by molar-refractivity contribution is -0.123. The van der Waals surface area contributed by atoms with Gasteiger partial charge in [0.1, 0.15) is 24.4 Å². The van der Waals surface area contributed by atoms with Gasteiger partial charge < -0.3 is 30.6 Å². The van der Waals surface area contributed by atoms with Gasteiger partial charge in [-0.3, -0.25) is 0 Å². The molecule has 0 unspecified atom stereocenters. The summed E-state index contributed by atoms with van der Waals surface area (Å²) >= 11 is 0. The van der Waals surface area contributed by atoms with Crippen LogP contribution in [0.1, 0.15) is 0 Å². The minimum absolute atomic E-state index is 0.726. The summed E-state index contributed by atoms with van der Waals surface area (Å²) in [6.07, 6.45) is -6.39. The molecule has 0 aromatic heterocycles. The summed E-state index contributed by atoms with van der Waals surface area (Å²) in [7, 11) is 0. The van der Waals surface area contributed by atoms with Crippen molar-refractivity contribution in [3.8, 4) is 0 Å². The van der Waals surface area contributed by atoms with E-state index in [1.807, 2.05) is 0 Å². The Labute approximate surface area is 69.3 Å². The molecule has 0 bridgehead atoms. The van der Waals surface area contributed by atoms with Gasteiger partial charge in [0, 0.05) is 0 Å². The molecule has 0 amide bonds. The summed E-state index contributed by atoms with van der Waals surface area (Å²) < 4.78 is 0. The number of hydrogen-bond donors (Lipinski definition) is 6. The van der Waals surface area contributed by atoms with Crippen LogP contribution < -0.4 is 0 Å². The zero-order chi connectivity index (χ0) is 9.72. The number of aliphatic hydroxyl groups excluding tert-OH is 6. The molecule has 0 spiro atoms. The third-order valence-corrected chi connectivity index (χ3v) is 1.51. The third kappa shape index (κ3) is 3.02. The van der Waals surface area contributed by atoms with Crippen molar-refractivity contribution in [2.45, 2.75) is 24.4 Å². The van der Waals surface area contributed by atoms with Gasteiger partial charge in [0.2, 0.25) is 0 Å². The maximum atomic E-state index is 8.96. The van der Waals surface area contributed by atoms with Crippen molar-refractivity contribution in [2.75, 3.05) is 13.2 Å². The molecule has 6 N–H and O–H groups in total. The predicted octanol–water partition coefficient (Wildman–Crippen LogP) is -3.59. The lowest BCUT2D eigenvalue weighted by atomic mass is 10.1. The topological polar surface area (TPSA) is 121 Å². The van der Waals surface area contributed by atoms with Crippen LogP contribution >= 0.6 is 0 Å². The lowest BCUT2D eigenvalue weighted by Gasteiger charge is -2.24. The van der Waals surface area contributed by atoms with E-state index in [1.54, 1.807) is 0 Å². The van der Waals surface area contributed by atoms with E-state index >= 15 is 0 Å². The Morgan fingerprint density at radius 1 is 0.667 bits per heavy atom. The average molecular weight is 183 g/mol. The van der Waals surface area contributed by atoms with E-state index in [0.29, 0.717) is 0 Å². The van der Waals surface area contributed by atoms with Crippen molar-refractivity contribution in [3.05, 3.63) is 0 Å². The van der Waals surface area contributed by atoms with Crippen LogP contribution in [0.3, 0.4) is 0 Å². The van der Waals surface area contributed by atoms with Crippen LogP contribution in [0.15, 0.2) is 0 Å². The minimum atomic E-state index is -1.67. The first-order valence-corrected chi connectivity index (χ1v) is 3.48. The molecule has 0 saturated carbocycles. The SMILES string of the molecule is OC[C@H](O)[C@@H](O)[C@H](O)[C@H](O)[13CH2]O. The van der Waals surface area contributed by atoms with Crippen LogP contribution in [0.5, 0.6) is 0 Å². The summed E-state index contributed by atoms with van der Waals surface area (Å²) in [5, 5.41) is 52.2. The molecule has 0 aliphatic heterocycles. The molecule has 0 aliphatic carbocycles. The Kier molecular flexibility index (Phi) is 5.31. The van der Waals surface area contributed by atoms with Gasteiger partial charge in [-0.05, 0) is 0 Å². The molecule has 0 aromatic carbocycles. The van der Waals surface area contributed by atoms with Gasteiger partial charge in [-0.15, -0.1) is 0 Å². The standard InChI is InChI=1S/C6H14O6/c7-1-3(9)5(11)6(12)4(10)2-8/h3-12H,1-2H2/t3-,4+,5-,6-/m1/s1/i1+1. The van der Waals surface area contributed by atoms with Gasteiger partial charge in [-0.25, -0.2) is 0 Å². The molecule has 6 heteroatoms. The molecule has 0 heterocycles. The largest absolute Gasteiger partial charge is 0.394 e. The number of rotatable bonds is 5. The quantitative estimate of drug-likeness (QED) is 0.245. The van der Waals surface area contributed by atoms with E-state index in [0.717, 1.165) is 0 Å². The Morgan fingerprint density at radius 2 is 0.917 bits per heavy atom. The molecule has 0 aromatic rings. The second kappa shape index (κ2) is 5.41. The van der Waals surface area contributed by atoms with Crippen LogP contribution in [0, 0.1) is 0 Å². The first kappa shape index (κ1) is 11.8. The zero-order valence-electron chi connectivity index (χ0n) is 6.41. The van der Waals surface area contributed by atoms with Gasteiger partial charge in [0.05, 0.1) is 13.2 Å². The fourth-order valence-corrected chi connectivity index (χ4v) is 0.671. The Balaban J connectivity index is 3.99. The summed E-state index contributed by atoms with van der Waals surface area (Å²) in [5.41, 5.74) is 0. The first-order valence-electron chi connectivity index (χ1n) is 3.48. The highest BCUT2D eigenvalue weighted by molar-refractivity contribution is 4.79. The van der Waals surface area contributed by atoms with E-state index in [-0.39, 0.29) is 0 Å². The molecule has 0 saturated heterocycles. The van der Waals surface area contributed by atoms with Crippen LogP contribution in [-0.2, 0) is 0 Å². The molecule has 4 atom stereocenters. The first-order chi connectivity index (χ1) is 5.54. The van der Waals surface area contributed by atoms with Gasteiger partial charge in [-0.2, -0.15) is 0 Å². The van der Waals surface area contributed by atoms with E-state index in [4.69, 9.17) is 30.6 Å². The number of hydrogen-bond acceptors (Lipinski definition) is 6. The molecule has 0 fully saturated rings. The van der Waals surface area contributed by atoms with Crippen LogP contribution in [0.25, 0.3) is 0 Å². The Bertz CT molecular complexity index is 105. The van der Waals surface area contributed by atoms with Crippen molar-refractivity contribution in [3.63, 3.8) is 0 Å². The molecule has 74 valence electrons. The minimum Gasteiger partial charge on any atom is -0.394 e. The Hall–Kier alpha value is -0.240. The summed E-state index contributed by atoms with van der Waals surface area (Å²) in [6.45, 7) is -1.45. The smallest absolute Gasteiger partial charge is 0.111 e. The van der Waals surface area contributed by atoms with Crippen molar-refractivity contribution in [1.82, 2.24) is 0 Å². The van der Waals surface area contributed by atoms with Crippen molar-refractivity contribution >= 4 is 0 Å². The Morgan fingerprint density at radius 3 is 1.08 bits per heavy atom. The fourth-order valence-electron chi connectivity index (χ4n) is 0.671. The average Bonchev–Trinajstić information content (AvgIpc) is 2.12. The monoisotopic (exact) mass is 183 g/mol. The van der Waals surface area contributed by atoms with Crippen molar-refractivity contribution in [2.24, 2.45) is 0 Å². The highest BCUT2D eigenvalue weighted by Gasteiger charge is 2.29. The summed E-state index contributed by atoms with van der Waals surface area (Å²) in [6, 6.07) is 0. The molecular weight excluding hydrogens is 169 g/mol. The maximum Gasteiger partial charge on any atom is 0.111 e. The molecule has 0 radical (unpaired) electrons. The summed E-state index contributed by atoms with van der Waals surface area (Å²) in [4.78, 5) is 0. The van der Waals surface area contributed by atoms with Gasteiger partial charge >= 0.3 is 0 Å². The van der Waals surface area contributed by atoms with Gasteiger partial charge in [-0.1, -0.05) is 0 Å². The number of aliphatic hydroxyl groups is 6. The normalized spacial score (nSPS) is 21.5. The molecule has 0 aliphatic rings. The van der Waals surface area contributed by atoms with E-state index in [1.165, 1.54) is 0 Å². The summed E-state index contributed by atoms with van der Waals surface area (Å²) in [5.74, 6) is 0. The molecule has 0 rings (SSSR count). The van der Waals surface area contributed by atoms with Gasteiger partial charge in [0.15, 0.2) is 0 Å². The molecule has 6 nitrogen and oxygen atoms in total. The maximum absolute atomic E-state index is 8.96. The van der Waals surface area contributed by atoms with Crippen LogP contribution in [0.4, 0.5) is 0 Å². The van der Waals surface area contributed by atoms with E-state index in [9.17, 15) is 0 Å². The lowest BCUT2D eigenvalue weighted by Crippen LogP contribution is -2.46. The third-order valence-electron chi connectivity index (χ3n) is 1.51. The predicted molar refractivity (Wildman–Crippen MR) is 38.2 cm³/mol. The van der Waals surface area contributed by atoms with Crippen LogP contribution in [0.2, 0.25) is 0 Å². The second-order valence-electron chi connectivity index (χ2n) is 2.48. The van der Waals surface area contributed by atoms with Gasteiger partial charge in [0.25, 0.3) is 0 Å². The highest BCUT2D eigenvalue weighted by atomic mass is 16.4. The van der Waals surface area contributed by atoms with Crippen molar-refractivity contribution in [1.29, 1.82) is 0 Å². The van der Waals surface area contributed by atoms with Crippen molar-refractivity contribution < 1.29 is 30.6 Å².